The van der Waals surface area contributed by atoms with E-state index in [0.717, 1.165) is 0 Å². The number of nitrogens with zero attached hydrogens (tertiary/aromatic N) is 5. The molecule has 4 aromatic heterocycles. The number of nitrogen functional groups attached to an aromatic ring is 1. The summed E-state index contributed by atoms with van der Waals surface area (Å²) in [6.45, 7) is -3.56. The molecule has 0 aliphatic rings. The maximum atomic E-state index is 12.8. The van der Waals surface area contributed by atoms with E-state index in [-0.39, 0.29) is 45.8 Å². The molecule has 0 saturated carbocycles. The fraction of sp³-hybridized carbons (Fsp3) is 0.143. The van der Waals surface area contributed by atoms with Crippen molar-refractivity contribution in [3.63, 3.8) is 0 Å². The van der Waals surface area contributed by atoms with Crippen molar-refractivity contribution in [2.45, 2.75) is 13.2 Å². The lowest BCUT2D eigenvalue weighted by Crippen LogP contribution is -2.16. The number of rotatable bonds is 7. The number of carbonyl (C=O) groups is 1. The molecule has 0 aliphatic heterocycles. The van der Waals surface area contributed by atoms with Crippen LogP contribution in [0.25, 0.3) is 22.8 Å². The van der Waals surface area contributed by atoms with Crippen LogP contribution in [0.3, 0.4) is 0 Å². The Balaban J connectivity index is 1.69. The maximum absolute atomic E-state index is 12.8. The van der Waals surface area contributed by atoms with Crippen LogP contribution in [0.15, 0.2) is 58.3 Å². The van der Waals surface area contributed by atoms with E-state index in [2.05, 4.69) is 24.7 Å². The number of oxazole rings is 1. The second-order valence-electron chi connectivity index (χ2n) is 6.76. The van der Waals surface area contributed by atoms with Gasteiger partial charge in [0, 0.05) is 31.1 Å². The van der Waals surface area contributed by atoms with E-state index in [1.165, 1.54) is 53.7 Å². The first-order chi connectivity index (χ1) is 16.3. The molecule has 0 atom stereocenters. The van der Waals surface area contributed by atoms with Gasteiger partial charge in [0.2, 0.25) is 11.4 Å². The van der Waals surface area contributed by atoms with Crippen molar-refractivity contribution in [3.05, 3.63) is 70.9 Å². The number of pyridine rings is 2. The fourth-order valence-corrected chi connectivity index (χ4v) is 2.96. The zero-order valence-corrected chi connectivity index (χ0v) is 17.5. The molecule has 0 spiro atoms. The van der Waals surface area contributed by atoms with Gasteiger partial charge in [-0.1, -0.05) is 0 Å². The zero-order valence-electron chi connectivity index (χ0n) is 17.5. The minimum Gasteiger partial charge on any atom is -0.454 e. The van der Waals surface area contributed by atoms with E-state index in [0.29, 0.717) is 5.56 Å². The minimum absolute atomic E-state index is 0.0302. The van der Waals surface area contributed by atoms with Crippen molar-refractivity contribution in [1.82, 2.24) is 24.5 Å². The molecule has 4 rings (SSSR count). The second kappa shape index (κ2) is 9.44. The van der Waals surface area contributed by atoms with Crippen LogP contribution in [-0.2, 0) is 18.4 Å². The van der Waals surface area contributed by atoms with Gasteiger partial charge in [-0.15, -0.1) is 0 Å². The van der Waals surface area contributed by atoms with E-state index < -0.39 is 19.2 Å². The molecule has 0 aliphatic carbocycles. The summed E-state index contributed by atoms with van der Waals surface area (Å²) in [5.74, 6) is -1.42. The summed E-state index contributed by atoms with van der Waals surface area (Å²) in [5, 5.41) is 0. The lowest BCUT2D eigenvalue weighted by Gasteiger charge is -2.12. The molecule has 0 fully saturated rings. The Morgan fingerprint density at radius 1 is 1.18 bits per heavy atom. The third kappa shape index (κ3) is 4.72. The maximum Gasteiger partial charge on any atom is 0.387 e. The Kier molecular flexibility index (Phi) is 6.25. The van der Waals surface area contributed by atoms with Crippen molar-refractivity contribution in [2.24, 2.45) is 7.05 Å². The lowest BCUT2D eigenvalue weighted by atomic mass is 10.1. The summed E-state index contributed by atoms with van der Waals surface area (Å²) in [5.41, 5.74) is 6.03. The largest absolute Gasteiger partial charge is 0.454 e. The molecule has 0 bridgehead atoms. The molecule has 0 unspecified atom stereocenters. The Hall–Kier alpha value is -4.68. The van der Waals surface area contributed by atoms with Crippen LogP contribution in [0.2, 0.25) is 0 Å². The zero-order chi connectivity index (χ0) is 24.2. The normalized spacial score (nSPS) is 10.9. The first-order valence-corrected chi connectivity index (χ1v) is 9.63. The van der Waals surface area contributed by atoms with E-state index in [4.69, 9.17) is 14.9 Å². The number of ether oxygens (including phenoxy) is 2. The van der Waals surface area contributed by atoms with Crippen molar-refractivity contribution >= 4 is 11.8 Å². The number of esters is 1. The number of hydrogen-bond acceptors (Lipinski definition) is 10. The van der Waals surface area contributed by atoms with Crippen LogP contribution in [0, 0.1) is 0 Å². The standard InChI is InChI=1S/C21H16F2N6O5/c1-29-9-11(4-5-14(29)30)15-16(19-26-7-8-32-19)28-18(24)17(27-15)20(31)33-10-12-13(34-21(22)23)3-2-6-25-12/h2-9,21H,10H2,1H3,(H2,24,28). The fourth-order valence-electron chi connectivity index (χ4n) is 2.96. The van der Waals surface area contributed by atoms with Gasteiger partial charge in [-0.05, 0) is 18.2 Å². The molecule has 13 heteroatoms. The quantitative estimate of drug-likeness (QED) is 0.399. The second-order valence-corrected chi connectivity index (χ2v) is 6.76. The van der Waals surface area contributed by atoms with E-state index in [1.54, 1.807) is 7.05 Å². The Morgan fingerprint density at radius 2 is 2.00 bits per heavy atom. The van der Waals surface area contributed by atoms with Crippen LogP contribution in [0.1, 0.15) is 16.2 Å². The van der Waals surface area contributed by atoms with Crippen LogP contribution in [-0.4, -0.2) is 37.1 Å². The summed E-state index contributed by atoms with van der Waals surface area (Å²) >= 11 is 0. The third-order valence-electron chi connectivity index (χ3n) is 4.51. The Labute approximate surface area is 189 Å². The molecule has 0 aromatic carbocycles. The van der Waals surface area contributed by atoms with Gasteiger partial charge in [0.05, 0.1) is 6.20 Å². The first-order valence-electron chi connectivity index (χ1n) is 9.63. The molecule has 0 amide bonds. The van der Waals surface area contributed by atoms with Gasteiger partial charge in [0.25, 0.3) is 0 Å². The van der Waals surface area contributed by atoms with Gasteiger partial charge >= 0.3 is 12.6 Å². The molecule has 174 valence electrons. The van der Waals surface area contributed by atoms with Gasteiger partial charge in [-0.25, -0.2) is 19.7 Å². The molecule has 4 heterocycles. The lowest BCUT2D eigenvalue weighted by molar-refractivity contribution is -0.0514. The van der Waals surface area contributed by atoms with E-state index in [1.807, 2.05) is 0 Å². The number of carbonyl (C=O) groups excluding carboxylic acids is 1. The highest BCUT2D eigenvalue weighted by molar-refractivity contribution is 5.93. The first kappa shape index (κ1) is 22.5. The average molecular weight is 470 g/mol. The summed E-state index contributed by atoms with van der Waals surface area (Å²) in [6, 6.07) is 5.47. The number of anilines is 1. The van der Waals surface area contributed by atoms with Gasteiger partial charge in [-0.2, -0.15) is 8.78 Å². The van der Waals surface area contributed by atoms with Crippen molar-refractivity contribution in [3.8, 4) is 28.6 Å². The van der Waals surface area contributed by atoms with Crippen LogP contribution < -0.4 is 16.0 Å². The van der Waals surface area contributed by atoms with E-state index >= 15 is 0 Å². The highest BCUT2D eigenvalue weighted by atomic mass is 19.3. The highest BCUT2D eigenvalue weighted by Crippen LogP contribution is 2.30. The third-order valence-corrected chi connectivity index (χ3v) is 4.51. The molecular weight excluding hydrogens is 454 g/mol. The van der Waals surface area contributed by atoms with E-state index in [9.17, 15) is 18.4 Å². The van der Waals surface area contributed by atoms with Gasteiger partial charge in [-0.3, -0.25) is 9.78 Å². The van der Waals surface area contributed by atoms with Crippen LogP contribution in [0.4, 0.5) is 14.6 Å². The summed E-state index contributed by atoms with van der Waals surface area (Å²) in [6.07, 6.45) is 5.54. The Bertz CT molecular complexity index is 1390. The Morgan fingerprint density at radius 3 is 2.71 bits per heavy atom. The number of aryl methyl sites for hydroxylation is 1. The molecule has 4 aromatic rings. The average Bonchev–Trinajstić information content (AvgIpc) is 3.34. The topological polar surface area (TPSA) is 148 Å². The number of nitrogens with two attached hydrogens (primary N) is 1. The van der Waals surface area contributed by atoms with Crippen molar-refractivity contribution in [1.29, 1.82) is 0 Å². The number of halogens is 2. The molecule has 2 N–H and O–H groups in total. The number of hydrogen-bond donors (Lipinski definition) is 1. The summed E-state index contributed by atoms with van der Waals surface area (Å²) in [7, 11) is 1.54. The molecule has 34 heavy (non-hydrogen) atoms. The summed E-state index contributed by atoms with van der Waals surface area (Å²) < 4.78 is 41.4. The van der Waals surface area contributed by atoms with Gasteiger partial charge < -0.3 is 24.2 Å². The van der Waals surface area contributed by atoms with Gasteiger partial charge in [0.15, 0.2) is 23.0 Å². The predicted molar refractivity (Wildman–Crippen MR) is 113 cm³/mol. The van der Waals surface area contributed by atoms with Crippen LogP contribution >= 0.6 is 0 Å². The van der Waals surface area contributed by atoms with Crippen LogP contribution in [0.5, 0.6) is 5.75 Å². The molecule has 0 radical (unpaired) electrons. The predicted octanol–water partition coefficient (Wildman–Crippen LogP) is 2.43. The summed E-state index contributed by atoms with van der Waals surface area (Å²) in [4.78, 5) is 41.0. The van der Waals surface area contributed by atoms with Crippen molar-refractivity contribution < 1.29 is 27.5 Å². The van der Waals surface area contributed by atoms with Gasteiger partial charge in [0.1, 0.15) is 24.3 Å². The monoisotopic (exact) mass is 470 g/mol. The molecule has 11 nitrogen and oxygen atoms in total. The van der Waals surface area contributed by atoms with Crippen molar-refractivity contribution in [2.75, 3.05) is 5.73 Å². The number of alkyl halides is 2. The minimum atomic E-state index is -3.08. The molecular formula is C21H16F2N6O5. The smallest absolute Gasteiger partial charge is 0.387 e. The number of aromatic nitrogens is 5. The highest BCUT2D eigenvalue weighted by Gasteiger charge is 2.24. The SMILES string of the molecule is Cn1cc(-c2nc(C(=O)OCc3ncccc3OC(F)F)c(N)nc2-c2ncco2)ccc1=O. The molecule has 0 saturated heterocycles.